The number of carbonyl (C=O) groups is 1. The summed E-state index contributed by atoms with van der Waals surface area (Å²) in [5.41, 5.74) is 0. The molecule has 0 aliphatic rings. The Bertz CT molecular complexity index is 126. The lowest BCUT2D eigenvalue weighted by atomic mass is 10.1. The Hall–Kier alpha value is 0.200. The topological polar surface area (TPSA) is 26.3 Å². The summed E-state index contributed by atoms with van der Waals surface area (Å²) in [6, 6.07) is 0. The van der Waals surface area contributed by atoms with Gasteiger partial charge >= 0.3 is 5.97 Å². The van der Waals surface area contributed by atoms with Crippen LogP contribution in [0.15, 0.2) is 0 Å². The molecule has 0 fully saturated rings. The predicted octanol–water partition coefficient (Wildman–Crippen LogP) is 3.33. The third-order valence-corrected chi connectivity index (χ3v) is 2.58. The zero-order valence-corrected chi connectivity index (χ0v) is 10.5. The maximum Gasteiger partial charge on any atom is 0.305 e. The Morgan fingerprint density at radius 3 is 2.38 bits per heavy atom. The highest BCUT2D eigenvalue weighted by molar-refractivity contribution is 14.1. The van der Waals surface area contributed by atoms with Gasteiger partial charge in [0, 0.05) is 6.42 Å². The highest BCUT2D eigenvalue weighted by Gasteiger charge is 1.99. The van der Waals surface area contributed by atoms with Crippen molar-refractivity contribution >= 4 is 28.6 Å². The number of alkyl halides is 1. The standard InChI is InChI=1S/C10H19IO2/c1-2-13-10(12)8-6-4-3-5-7-9-11/h2-9H2,1H3. The van der Waals surface area contributed by atoms with Gasteiger partial charge in [0.15, 0.2) is 0 Å². The third kappa shape index (κ3) is 10.1. The minimum absolute atomic E-state index is 0.0450. The second-order valence-corrected chi connectivity index (χ2v) is 4.09. The summed E-state index contributed by atoms with van der Waals surface area (Å²) in [4.78, 5) is 10.9. The van der Waals surface area contributed by atoms with Gasteiger partial charge in [0.2, 0.25) is 0 Å². The molecule has 0 bridgehead atoms. The number of unbranched alkanes of at least 4 members (excludes halogenated alkanes) is 4. The minimum atomic E-state index is -0.0450. The van der Waals surface area contributed by atoms with Crippen LogP contribution in [-0.2, 0) is 9.53 Å². The maximum atomic E-state index is 10.9. The van der Waals surface area contributed by atoms with E-state index in [2.05, 4.69) is 22.6 Å². The van der Waals surface area contributed by atoms with Gasteiger partial charge in [0.25, 0.3) is 0 Å². The van der Waals surface area contributed by atoms with Crippen molar-refractivity contribution in [2.75, 3.05) is 11.0 Å². The van der Waals surface area contributed by atoms with Gasteiger partial charge in [-0.1, -0.05) is 41.9 Å². The van der Waals surface area contributed by atoms with Gasteiger partial charge in [0.1, 0.15) is 0 Å². The van der Waals surface area contributed by atoms with Crippen molar-refractivity contribution in [1.82, 2.24) is 0 Å². The molecule has 0 atom stereocenters. The van der Waals surface area contributed by atoms with Crippen LogP contribution >= 0.6 is 22.6 Å². The molecule has 0 unspecified atom stereocenters. The Kier molecular flexibility index (Phi) is 10.4. The lowest BCUT2D eigenvalue weighted by Gasteiger charge is -2.01. The molecule has 2 nitrogen and oxygen atoms in total. The fourth-order valence-corrected chi connectivity index (χ4v) is 1.67. The van der Waals surface area contributed by atoms with E-state index in [-0.39, 0.29) is 5.97 Å². The molecule has 0 aromatic rings. The summed E-state index contributed by atoms with van der Waals surface area (Å²) in [6.45, 7) is 2.35. The molecule has 0 aromatic heterocycles. The first-order chi connectivity index (χ1) is 6.31. The molecule has 3 heteroatoms. The van der Waals surface area contributed by atoms with E-state index in [0.717, 1.165) is 12.8 Å². The molecule has 0 spiro atoms. The molecular weight excluding hydrogens is 279 g/mol. The molecule has 0 aliphatic carbocycles. The predicted molar refractivity (Wildman–Crippen MR) is 63.2 cm³/mol. The van der Waals surface area contributed by atoms with E-state index < -0.39 is 0 Å². The normalized spacial score (nSPS) is 10.0. The van der Waals surface area contributed by atoms with Gasteiger partial charge < -0.3 is 4.74 Å². The number of halogens is 1. The van der Waals surface area contributed by atoms with Crippen molar-refractivity contribution in [2.24, 2.45) is 0 Å². The van der Waals surface area contributed by atoms with Crippen LogP contribution in [0.5, 0.6) is 0 Å². The summed E-state index contributed by atoms with van der Waals surface area (Å²) in [5, 5.41) is 0. The molecule has 0 aromatic carbocycles. The lowest BCUT2D eigenvalue weighted by molar-refractivity contribution is -0.143. The van der Waals surface area contributed by atoms with E-state index in [1.165, 1.54) is 23.7 Å². The van der Waals surface area contributed by atoms with E-state index in [9.17, 15) is 4.79 Å². The smallest absolute Gasteiger partial charge is 0.305 e. The average Bonchev–Trinajstić information content (AvgIpc) is 2.11. The zero-order chi connectivity index (χ0) is 9.94. The number of rotatable bonds is 8. The molecule has 0 amide bonds. The summed E-state index contributed by atoms with van der Waals surface area (Å²) >= 11 is 2.40. The van der Waals surface area contributed by atoms with E-state index in [1.807, 2.05) is 6.92 Å². The van der Waals surface area contributed by atoms with Crippen LogP contribution in [0.25, 0.3) is 0 Å². The Morgan fingerprint density at radius 1 is 1.15 bits per heavy atom. The Balaban J connectivity index is 3.02. The molecule has 0 saturated heterocycles. The number of carbonyl (C=O) groups excluding carboxylic acids is 1. The molecule has 13 heavy (non-hydrogen) atoms. The quantitative estimate of drug-likeness (QED) is 0.297. The van der Waals surface area contributed by atoms with Crippen LogP contribution in [-0.4, -0.2) is 17.0 Å². The highest BCUT2D eigenvalue weighted by atomic mass is 127. The van der Waals surface area contributed by atoms with Crippen LogP contribution in [0.1, 0.15) is 45.4 Å². The monoisotopic (exact) mass is 298 g/mol. The van der Waals surface area contributed by atoms with Gasteiger partial charge in [-0.3, -0.25) is 4.79 Å². The van der Waals surface area contributed by atoms with Gasteiger partial charge in [-0.05, 0) is 24.2 Å². The van der Waals surface area contributed by atoms with Crippen LogP contribution in [0.4, 0.5) is 0 Å². The van der Waals surface area contributed by atoms with E-state index >= 15 is 0 Å². The molecule has 0 heterocycles. The first-order valence-electron chi connectivity index (χ1n) is 5.02. The summed E-state index contributed by atoms with van der Waals surface area (Å²) < 4.78 is 6.08. The molecule has 0 radical (unpaired) electrons. The molecule has 0 aliphatic heterocycles. The molecule has 0 saturated carbocycles. The van der Waals surface area contributed by atoms with Gasteiger partial charge in [0.05, 0.1) is 6.61 Å². The van der Waals surface area contributed by atoms with Gasteiger partial charge in [-0.2, -0.15) is 0 Å². The van der Waals surface area contributed by atoms with Crippen molar-refractivity contribution in [3.8, 4) is 0 Å². The van der Waals surface area contributed by atoms with E-state index in [0.29, 0.717) is 13.0 Å². The number of ether oxygens (including phenoxy) is 1. The van der Waals surface area contributed by atoms with Crippen molar-refractivity contribution < 1.29 is 9.53 Å². The van der Waals surface area contributed by atoms with Gasteiger partial charge in [-0.25, -0.2) is 0 Å². The first kappa shape index (κ1) is 13.2. The van der Waals surface area contributed by atoms with Crippen LogP contribution < -0.4 is 0 Å². The number of hydrogen-bond acceptors (Lipinski definition) is 2. The Labute approximate surface area is 94.6 Å². The van der Waals surface area contributed by atoms with Crippen LogP contribution in [0.2, 0.25) is 0 Å². The van der Waals surface area contributed by atoms with Crippen molar-refractivity contribution in [3.05, 3.63) is 0 Å². The summed E-state index contributed by atoms with van der Waals surface area (Å²) in [6.07, 6.45) is 6.60. The molecule has 0 rings (SSSR count). The maximum absolute atomic E-state index is 10.9. The minimum Gasteiger partial charge on any atom is -0.466 e. The number of esters is 1. The highest BCUT2D eigenvalue weighted by Crippen LogP contribution is 2.07. The van der Waals surface area contributed by atoms with Gasteiger partial charge in [-0.15, -0.1) is 0 Å². The fraction of sp³-hybridized carbons (Fsp3) is 0.900. The SMILES string of the molecule is CCOC(=O)CCCCCCCI. The van der Waals surface area contributed by atoms with Crippen LogP contribution in [0, 0.1) is 0 Å². The third-order valence-electron chi connectivity index (χ3n) is 1.82. The summed E-state index contributed by atoms with van der Waals surface area (Å²) in [5.74, 6) is -0.0450. The van der Waals surface area contributed by atoms with Crippen molar-refractivity contribution in [1.29, 1.82) is 0 Å². The largest absolute Gasteiger partial charge is 0.466 e. The molecule has 78 valence electrons. The zero-order valence-electron chi connectivity index (χ0n) is 8.35. The fourth-order valence-electron chi connectivity index (χ4n) is 1.13. The Morgan fingerprint density at radius 2 is 1.77 bits per heavy atom. The van der Waals surface area contributed by atoms with Crippen LogP contribution in [0.3, 0.4) is 0 Å². The lowest BCUT2D eigenvalue weighted by Crippen LogP contribution is -2.03. The first-order valence-corrected chi connectivity index (χ1v) is 6.55. The van der Waals surface area contributed by atoms with Crippen molar-refractivity contribution in [2.45, 2.75) is 45.4 Å². The molecular formula is C10H19IO2. The average molecular weight is 298 g/mol. The van der Waals surface area contributed by atoms with E-state index in [1.54, 1.807) is 0 Å². The number of hydrogen-bond donors (Lipinski definition) is 0. The molecule has 0 N–H and O–H groups in total. The second-order valence-electron chi connectivity index (χ2n) is 3.01. The van der Waals surface area contributed by atoms with Crippen molar-refractivity contribution in [3.63, 3.8) is 0 Å². The summed E-state index contributed by atoms with van der Waals surface area (Å²) in [7, 11) is 0. The van der Waals surface area contributed by atoms with E-state index in [4.69, 9.17) is 4.74 Å². The second kappa shape index (κ2) is 10.3.